The van der Waals surface area contributed by atoms with Crippen LogP contribution in [-0.2, 0) is 6.54 Å². The minimum atomic E-state index is 0. The number of rotatable bonds is 3. The molecule has 1 unspecified atom stereocenters. The molecule has 7 heteroatoms. The lowest BCUT2D eigenvalue weighted by molar-refractivity contribution is 0.199. The Kier molecular flexibility index (Phi) is 7.11. The van der Waals surface area contributed by atoms with E-state index in [9.17, 15) is 0 Å². The van der Waals surface area contributed by atoms with E-state index in [1.54, 1.807) is 12.5 Å². The van der Waals surface area contributed by atoms with Gasteiger partial charge in [0.1, 0.15) is 12.1 Å². The van der Waals surface area contributed by atoms with E-state index in [0.717, 1.165) is 32.0 Å². The van der Waals surface area contributed by atoms with Gasteiger partial charge in [0.25, 0.3) is 0 Å². The first-order valence-electron chi connectivity index (χ1n) is 6.70. The van der Waals surface area contributed by atoms with Crippen molar-refractivity contribution in [1.29, 1.82) is 0 Å². The quantitative estimate of drug-likeness (QED) is 0.934. The van der Waals surface area contributed by atoms with Gasteiger partial charge in [0.05, 0.1) is 0 Å². The lowest BCUT2D eigenvalue weighted by atomic mass is 10.2. The molecule has 3 rings (SSSR count). The number of nitrogens with zero attached hydrogens (tertiary/aromatic N) is 4. The highest BCUT2D eigenvalue weighted by atomic mass is 35.5. The Hall–Kier alpha value is -1.14. The van der Waals surface area contributed by atoms with Crippen molar-refractivity contribution in [3.8, 4) is 5.82 Å². The van der Waals surface area contributed by atoms with Gasteiger partial charge in [0.2, 0.25) is 0 Å². The monoisotopic (exact) mass is 329 g/mol. The topological polar surface area (TPSA) is 46.0 Å². The molecular weight excluding hydrogens is 309 g/mol. The van der Waals surface area contributed by atoms with Crippen molar-refractivity contribution in [3.05, 3.63) is 42.6 Å². The molecule has 0 aromatic carbocycles. The second-order valence-electron chi connectivity index (χ2n) is 5.08. The van der Waals surface area contributed by atoms with Crippen LogP contribution < -0.4 is 5.32 Å². The summed E-state index contributed by atoms with van der Waals surface area (Å²) in [6, 6.07) is 4.77. The molecule has 2 aromatic heterocycles. The summed E-state index contributed by atoms with van der Waals surface area (Å²) >= 11 is 0. The molecule has 0 radical (unpaired) electrons. The molecule has 3 heterocycles. The highest BCUT2D eigenvalue weighted by Crippen LogP contribution is 2.09. The van der Waals surface area contributed by atoms with E-state index in [-0.39, 0.29) is 24.8 Å². The van der Waals surface area contributed by atoms with Crippen LogP contribution in [0.3, 0.4) is 0 Å². The third-order valence-electron chi connectivity index (χ3n) is 3.44. The Bertz CT molecular complexity index is 515. The Morgan fingerprint density at radius 2 is 2.19 bits per heavy atom. The lowest BCUT2D eigenvalue weighted by Gasteiger charge is -2.31. The number of pyridine rings is 1. The summed E-state index contributed by atoms with van der Waals surface area (Å²) in [5, 5.41) is 3.46. The molecule has 0 bridgehead atoms. The minimum Gasteiger partial charge on any atom is -0.312 e. The van der Waals surface area contributed by atoms with Crippen LogP contribution >= 0.6 is 24.8 Å². The number of imidazole rings is 1. The molecule has 1 aliphatic rings. The van der Waals surface area contributed by atoms with E-state index in [4.69, 9.17) is 0 Å². The van der Waals surface area contributed by atoms with E-state index >= 15 is 0 Å². The molecule has 5 nitrogen and oxygen atoms in total. The standard InChI is InChI=1S/C14H19N5.2ClH/c1-12-9-18(6-5-16-12)10-13-2-3-14(17-8-13)19-7-4-15-11-19;;/h2-4,7-8,11-12,16H,5-6,9-10H2,1H3;2*1H. The van der Waals surface area contributed by atoms with Crippen molar-refractivity contribution >= 4 is 24.8 Å². The summed E-state index contributed by atoms with van der Waals surface area (Å²) in [5.41, 5.74) is 1.26. The largest absolute Gasteiger partial charge is 0.312 e. The Labute approximate surface area is 137 Å². The van der Waals surface area contributed by atoms with Crippen LogP contribution in [-0.4, -0.2) is 45.1 Å². The maximum atomic E-state index is 4.49. The summed E-state index contributed by atoms with van der Waals surface area (Å²) in [6.07, 6.45) is 7.39. The molecule has 116 valence electrons. The molecule has 1 N–H and O–H groups in total. The zero-order chi connectivity index (χ0) is 13.1. The van der Waals surface area contributed by atoms with Gasteiger partial charge in [-0.15, -0.1) is 24.8 Å². The fraction of sp³-hybridized carbons (Fsp3) is 0.429. The summed E-state index contributed by atoms with van der Waals surface area (Å²) < 4.78 is 1.91. The number of halogens is 2. The molecule has 1 saturated heterocycles. The van der Waals surface area contributed by atoms with Crippen molar-refractivity contribution in [1.82, 2.24) is 24.8 Å². The average molecular weight is 330 g/mol. The maximum absolute atomic E-state index is 4.49. The van der Waals surface area contributed by atoms with E-state index in [2.05, 4.69) is 33.2 Å². The molecule has 0 spiro atoms. The van der Waals surface area contributed by atoms with E-state index in [1.165, 1.54) is 5.56 Å². The Balaban J connectivity index is 0.00000110. The van der Waals surface area contributed by atoms with Crippen molar-refractivity contribution in [2.75, 3.05) is 19.6 Å². The first-order chi connectivity index (χ1) is 9.31. The van der Waals surface area contributed by atoms with Crippen molar-refractivity contribution in [3.63, 3.8) is 0 Å². The summed E-state index contributed by atoms with van der Waals surface area (Å²) in [4.78, 5) is 11.0. The van der Waals surface area contributed by atoms with Crippen molar-refractivity contribution in [2.45, 2.75) is 19.5 Å². The van der Waals surface area contributed by atoms with Gasteiger partial charge >= 0.3 is 0 Å². The van der Waals surface area contributed by atoms with Crippen LogP contribution in [0.5, 0.6) is 0 Å². The molecule has 0 amide bonds. The third kappa shape index (κ3) is 4.68. The van der Waals surface area contributed by atoms with Crippen LogP contribution in [0.25, 0.3) is 5.82 Å². The van der Waals surface area contributed by atoms with Gasteiger partial charge in [-0.25, -0.2) is 9.97 Å². The molecule has 1 aliphatic heterocycles. The Morgan fingerprint density at radius 1 is 1.33 bits per heavy atom. The molecule has 0 aliphatic carbocycles. The van der Waals surface area contributed by atoms with Crippen LogP contribution in [0, 0.1) is 0 Å². The molecular formula is C14H21Cl2N5. The van der Waals surface area contributed by atoms with Gasteiger partial charge in [-0.05, 0) is 18.6 Å². The summed E-state index contributed by atoms with van der Waals surface area (Å²) in [6.45, 7) is 6.48. The zero-order valence-electron chi connectivity index (χ0n) is 12.0. The fourth-order valence-electron chi connectivity index (χ4n) is 2.47. The fourth-order valence-corrected chi connectivity index (χ4v) is 2.47. The van der Waals surface area contributed by atoms with E-state index in [0.29, 0.717) is 6.04 Å². The molecule has 1 fully saturated rings. The van der Waals surface area contributed by atoms with Crippen molar-refractivity contribution in [2.24, 2.45) is 0 Å². The molecule has 1 atom stereocenters. The predicted octanol–water partition coefficient (Wildman–Crippen LogP) is 1.90. The molecule has 0 saturated carbocycles. The van der Waals surface area contributed by atoms with E-state index < -0.39 is 0 Å². The molecule has 2 aromatic rings. The number of piperazine rings is 1. The number of aromatic nitrogens is 3. The smallest absolute Gasteiger partial charge is 0.137 e. The highest BCUT2D eigenvalue weighted by molar-refractivity contribution is 5.85. The lowest BCUT2D eigenvalue weighted by Crippen LogP contribution is -2.48. The zero-order valence-corrected chi connectivity index (χ0v) is 13.6. The van der Waals surface area contributed by atoms with Crippen LogP contribution in [0.1, 0.15) is 12.5 Å². The average Bonchev–Trinajstić information content (AvgIpc) is 2.94. The normalized spacial score (nSPS) is 18.6. The number of hydrogen-bond donors (Lipinski definition) is 1. The number of nitrogens with one attached hydrogen (secondary N) is 1. The summed E-state index contributed by atoms with van der Waals surface area (Å²) in [7, 11) is 0. The van der Waals surface area contributed by atoms with Gasteiger partial charge in [-0.1, -0.05) is 6.07 Å². The van der Waals surface area contributed by atoms with E-state index in [1.807, 2.05) is 23.0 Å². The van der Waals surface area contributed by atoms with Crippen molar-refractivity contribution < 1.29 is 0 Å². The highest BCUT2D eigenvalue weighted by Gasteiger charge is 2.15. The van der Waals surface area contributed by atoms with Crippen LogP contribution in [0.2, 0.25) is 0 Å². The number of hydrogen-bond acceptors (Lipinski definition) is 4. The Morgan fingerprint density at radius 3 is 2.81 bits per heavy atom. The molecule has 21 heavy (non-hydrogen) atoms. The summed E-state index contributed by atoms with van der Waals surface area (Å²) in [5.74, 6) is 0.912. The van der Waals surface area contributed by atoms with Gasteiger partial charge < -0.3 is 5.32 Å². The second kappa shape index (κ2) is 8.34. The first kappa shape index (κ1) is 17.9. The van der Waals surface area contributed by atoms with Crippen LogP contribution in [0.15, 0.2) is 37.1 Å². The van der Waals surface area contributed by atoms with Gasteiger partial charge in [-0.2, -0.15) is 0 Å². The second-order valence-corrected chi connectivity index (χ2v) is 5.08. The van der Waals surface area contributed by atoms with Gasteiger partial charge in [-0.3, -0.25) is 9.47 Å². The van der Waals surface area contributed by atoms with Gasteiger partial charge in [0.15, 0.2) is 0 Å². The van der Waals surface area contributed by atoms with Crippen LogP contribution in [0.4, 0.5) is 0 Å². The first-order valence-corrected chi connectivity index (χ1v) is 6.70. The maximum Gasteiger partial charge on any atom is 0.137 e. The predicted molar refractivity (Wildman–Crippen MR) is 88.6 cm³/mol. The van der Waals surface area contributed by atoms with Gasteiger partial charge in [0, 0.05) is 50.8 Å². The minimum absolute atomic E-state index is 0. The SMILES string of the molecule is CC1CN(Cc2ccc(-n3ccnc3)nc2)CCN1.Cl.Cl. The third-order valence-corrected chi connectivity index (χ3v) is 3.44.